The number of guanidine groups is 1. The number of hydrogen-bond donors (Lipinski definition) is 2. The molecule has 1 aromatic heterocycles. The van der Waals surface area contributed by atoms with Gasteiger partial charge in [0.25, 0.3) is 0 Å². The largest absolute Gasteiger partial charge is 0.378 e. The van der Waals surface area contributed by atoms with Crippen molar-refractivity contribution in [2.75, 3.05) is 13.2 Å². The molecule has 1 fully saturated rings. The summed E-state index contributed by atoms with van der Waals surface area (Å²) in [6.45, 7) is 10.6. The summed E-state index contributed by atoms with van der Waals surface area (Å²) in [6, 6.07) is 0.523. The first kappa shape index (κ1) is 24.1. The third kappa shape index (κ3) is 7.93. The molecule has 156 valence electrons. The number of aromatic nitrogens is 3. The summed E-state index contributed by atoms with van der Waals surface area (Å²) in [5, 5.41) is 15.4. The standard InChI is InChI=1S/C19H36N6O.HI/c1-6-26-17(14(2)3)11-12-20-19(22-16-9-7-8-10-16)21-13-18-24-23-15(4)25(18)5;/h14,16-17H,6-13H2,1-5H3,(H2,20,21,22);1H. The number of aryl methyl sites for hydroxylation is 1. The highest BCUT2D eigenvalue weighted by Crippen LogP contribution is 2.17. The van der Waals surface area contributed by atoms with E-state index in [1.807, 2.05) is 18.5 Å². The molecule has 1 aliphatic carbocycles. The smallest absolute Gasteiger partial charge is 0.191 e. The minimum Gasteiger partial charge on any atom is -0.378 e. The highest BCUT2D eigenvalue weighted by atomic mass is 127. The van der Waals surface area contributed by atoms with Gasteiger partial charge in [-0.2, -0.15) is 0 Å². The van der Waals surface area contributed by atoms with Crippen molar-refractivity contribution in [3.05, 3.63) is 11.6 Å². The quantitative estimate of drug-likeness (QED) is 0.315. The number of aliphatic imine (C=N–C) groups is 1. The molecule has 0 bridgehead atoms. The Balaban J connectivity index is 0.00000364. The molecule has 1 unspecified atom stereocenters. The van der Waals surface area contributed by atoms with Crippen molar-refractivity contribution in [2.45, 2.75) is 78.5 Å². The molecule has 0 aromatic carbocycles. The highest BCUT2D eigenvalue weighted by molar-refractivity contribution is 14.0. The Morgan fingerprint density at radius 3 is 2.56 bits per heavy atom. The topological polar surface area (TPSA) is 76.4 Å². The molecule has 1 aromatic rings. The molecule has 0 aliphatic heterocycles. The maximum Gasteiger partial charge on any atom is 0.191 e. The second-order valence-electron chi connectivity index (χ2n) is 7.47. The summed E-state index contributed by atoms with van der Waals surface area (Å²) < 4.78 is 7.83. The zero-order valence-electron chi connectivity index (χ0n) is 17.5. The van der Waals surface area contributed by atoms with Gasteiger partial charge in [0.2, 0.25) is 0 Å². The van der Waals surface area contributed by atoms with E-state index in [9.17, 15) is 0 Å². The third-order valence-corrected chi connectivity index (χ3v) is 5.10. The van der Waals surface area contributed by atoms with Gasteiger partial charge in [-0.25, -0.2) is 4.99 Å². The van der Waals surface area contributed by atoms with Crippen molar-refractivity contribution in [1.82, 2.24) is 25.4 Å². The maximum absolute atomic E-state index is 5.84. The van der Waals surface area contributed by atoms with Crippen molar-refractivity contribution in [3.63, 3.8) is 0 Å². The van der Waals surface area contributed by atoms with E-state index >= 15 is 0 Å². The zero-order valence-corrected chi connectivity index (χ0v) is 19.8. The number of rotatable bonds is 9. The fraction of sp³-hybridized carbons (Fsp3) is 0.842. The predicted octanol–water partition coefficient (Wildman–Crippen LogP) is 3.17. The fourth-order valence-electron chi connectivity index (χ4n) is 3.31. The lowest BCUT2D eigenvalue weighted by Crippen LogP contribution is -2.43. The molecule has 7 nitrogen and oxygen atoms in total. The molecule has 0 amide bonds. The van der Waals surface area contributed by atoms with Gasteiger partial charge in [0, 0.05) is 26.2 Å². The normalized spacial score (nSPS) is 16.4. The van der Waals surface area contributed by atoms with Crippen LogP contribution in [0.1, 0.15) is 64.5 Å². The van der Waals surface area contributed by atoms with Gasteiger partial charge in [-0.05, 0) is 39.0 Å². The summed E-state index contributed by atoms with van der Waals surface area (Å²) in [5.74, 6) is 3.17. The molecule has 0 radical (unpaired) electrons. The van der Waals surface area contributed by atoms with Crippen LogP contribution in [-0.2, 0) is 18.3 Å². The molecule has 8 heteroatoms. The van der Waals surface area contributed by atoms with E-state index < -0.39 is 0 Å². The van der Waals surface area contributed by atoms with Gasteiger partial charge < -0.3 is 19.9 Å². The molecular formula is C19H37IN6O. The number of nitrogens with zero attached hydrogens (tertiary/aromatic N) is 4. The summed E-state index contributed by atoms with van der Waals surface area (Å²) in [7, 11) is 1.98. The van der Waals surface area contributed by atoms with E-state index in [0.717, 1.165) is 37.2 Å². The van der Waals surface area contributed by atoms with Crippen molar-refractivity contribution in [1.29, 1.82) is 0 Å². The van der Waals surface area contributed by atoms with Crippen molar-refractivity contribution in [2.24, 2.45) is 18.0 Å². The first-order valence-corrected chi connectivity index (χ1v) is 10.0. The molecule has 1 saturated carbocycles. The van der Waals surface area contributed by atoms with Gasteiger partial charge in [0.1, 0.15) is 12.4 Å². The van der Waals surface area contributed by atoms with Crippen LogP contribution in [0, 0.1) is 12.8 Å². The summed E-state index contributed by atoms with van der Waals surface area (Å²) >= 11 is 0. The van der Waals surface area contributed by atoms with Crippen LogP contribution in [0.4, 0.5) is 0 Å². The van der Waals surface area contributed by atoms with Crippen molar-refractivity contribution >= 4 is 29.9 Å². The van der Waals surface area contributed by atoms with Crippen LogP contribution in [-0.4, -0.2) is 46.0 Å². The van der Waals surface area contributed by atoms with Gasteiger partial charge in [0.15, 0.2) is 11.8 Å². The average molecular weight is 492 g/mol. The molecule has 0 saturated heterocycles. The molecule has 1 atom stereocenters. The minimum absolute atomic E-state index is 0. The van der Waals surface area contributed by atoms with Gasteiger partial charge in [-0.3, -0.25) is 0 Å². The summed E-state index contributed by atoms with van der Waals surface area (Å²) in [5.41, 5.74) is 0. The Kier molecular flexibility index (Phi) is 11.2. The van der Waals surface area contributed by atoms with Gasteiger partial charge in [0.05, 0.1) is 6.10 Å². The molecule has 0 spiro atoms. The van der Waals surface area contributed by atoms with Crippen LogP contribution in [0.2, 0.25) is 0 Å². The molecule has 27 heavy (non-hydrogen) atoms. The fourth-order valence-corrected chi connectivity index (χ4v) is 3.31. The summed E-state index contributed by atoms with van der Waals surface area (Å²) in [6.07, 6.45) is 6.29. The maximum atomic E-state index is 5.84. The Morgan fingerprint density at radius 1 is 1.30 bits per heavy atom. The first-order valence-electron chi connectivity index (χ1n) is 10.0. The second-order valence-corrected chi connectivity index (χ2v) is 7.47. The second kappa shape index (κ2) is 12.5. The van der Waals surface area contributed by atoms with Crippen LogP contribution in [0.3, 0.4) is 0 Å². The Bertz CT molecular complexity index is 569. The zero-order chi connectivity index (χ0) is 18.9. The van der Waals surface area contributed by atoms with Crippen LogP contribution >= 0.6 is 24.0 Å². The van der Waals surface area contributed by atoms with E-state index in [-0.39, 0.29) is 30.1 Å². The average Bonchev–Trinajstić information content (AvgIpc) is 3.23. The van der Waals surface area contributed by atoms with Crippen molar-refractivity contribution in [3.8, 4) is 0 Å². The van der Waals surface area contributed by atoms with E-state index in [2.05, 4.69) is 41.6 Å². The number of nitrogens with one attached hydrogen (secondary N) is 2. The molecule has 1 heterocycles. The molecular weight excluding hydrogens is 455 g/mol. The van der Waals surface area contributed by atoms with Crippen LogP contribution in [0.15, 0.2) is 4.99 Å². The van der Waals surface area contributed by atoms with Gasteiger partial charge in [-0.1, -0.05) is 26.7 Å². The number of halogens is 1. The van der Waals surface area contributed by atoms with E-state index in [4.69, 9.17) is 9.73 Å². The molecule has 2 rings (SSSR count). The van der Waals surface area contributed by atoms with Crippen LogP contribution < -0.4 is 10.6 Å². The van der Waals surface area contributed by atoms with Gasteiger partial charge in [-0.15, -0.1) is 34.2 Å². The highest BCUT2D eigenvalue weighted by Gasteiger charge is 2.17. The SMILES string of the molecule is CCOC(CCNC(=NCc1nnc(C)n1C)NC1CCCC1)C(C)C.I. The Hall–Kier alpha value is -0.900. The van der Waals surface area contributed by atoms with Gasteiger partial charge >= 0.3 is 0 Å². The lowest BCUT2D eigenvalue weighted by atomic mass is 10.0. The lowest BCUT2D eigenvalue weighted by molar-refractivity contribution is 0.0258. The first-order chi connectivity index (χ1) is 12.5. The van der Waals surface area contributed by atoms with E-state index in [0.29, 0.717) is 18.5 Å². The van der Waals surface area contributed by atoms with E-state index in [1.165, 1.54) is 25.7 Å². The predicted molar refractivity (Wildman–Crippen MR) is 121 cm³/mol. The lowest BCUT2D eigenvalue weighted by Gasteiger charge is -2.22. The molecule has 1 aliphatic rings. The van der Waals surface area contributed by atoms with E-state index in [1.54, 1.807) is 0 Å². The van der Waals surface area contributed by atoms with Crippen molar-refractivity contribution < 1.29 is 4.74 Å². The monoisotopic (exact) mass is 492 g/mol. The number of ether oxygens (including phenoxy) is 1. The third-order valence-electron chi connectivity index (χ3n) is 5.10. The van der Waals surface area contributed by atoms with Crippen LogP contribution in [0.5, 0.6) is 0 Å². The Labute approximate surface area is 181 Å². The van der Waals surface area contributed by atoms with Crippen LogP contribution in [0.25, 0.3) is 0 Å². The molecule has 2 N–H and O–H groups in total. The summed E-state index contributed by atoms with van der Waals surface area (Å²) in [4.78, 5) is 4.75. The number of hydrogen-bond acceptors (Lipinski definition) is 4. The minimum atomic E-state index is 0. The Morgan fingerprint density at radius 2 is 2.00 bits per heavy atom.